The van der Waals surface area contributed by atoms with Crippen LogP contribution >= 0.6 is 0 Å². The van der Waals surface area contributed by atoms with Crippen molar-refractivity contribution in [1.82, 2.24) is 15.5 Å². The number of carbonyl (C=O) groups is 1. The lowest BCUT2D eigenvalue weighted by Crippen LogP contribution is -2.43. The molecule has 3 atom stereocenters. The molecule has 4 rings (SSSR count). The molecule has 10 heteroatoms. The molecule has 0 aromatic heterocycles. The molecule has 4 N–H and O–H groups in total. The second-order valence-corrected chi connectivity index (χ2v) is 11.2. The SMILES string of the molecule is C#CC(N=C(N=C1CN(CC2CCCCC2)C(C(C)(F)c2ccccc2)=N1)C(=N)NC(=O)O)N[C@H](C)C1CCC1. The van der Waals surface area contributed by atoms with Gasteiger partial charge < -0.3 is 10.0 Å². The Labute approximate surface area is 236 Å². The Balaban J connectivity index is 1.66. The number of carboxylic acid groups (broad SMARTS) is 1. The number of amides is 1. The minimum atomic E-state index is -1.88. The second kappa shape index (κ2) is 13.2. The van der Waals surface area contributed by atoms with Crippen LogP contribution in [0.3, 0.4) is 0 Å². The van der Waals surface area contributed by atoms with Gasteiger partial charge in [0.2, 0.25) is 0 Å². The molecule has 1 aromatic rings. The summed E-state index contributed by atoms with van der Waals surface area (Å²) in [6, 6.07) is 9.02. The van der Waals surface area contributed by atoms with E-state index in [9.17, 15) is 9.90 Å². The second-order valence-electron chi connectivity index (χ2n) is 11.2. The maximum absolute atomic E-state index is 16.5. The van der Waals surface area contributed by atoms with Crippen LogP contribution in [0.15, 0.2) is 45.3 Å². The van der Waals surface area contributed by atoms with Crippen LogP contribution in [0.4, 0.5) is 9.18 Å². The molecule has 1 aromatic carbocycles. The molecule has 0 saturated heterocycles. The van der Waals surface area contributed by atoms with E-state index in [1.165, 1.54) is 19.8 Å². The van der Waals surface area contributed by atoms with E-state index in [-0.39, 0.29) is 30.1 Å². The predicted octanol–water partition coefficient (Wildman–Crippen LogP) is 4.95. The lowest BCUT2D eigenvalue weighted by Gasteiger charge is -2.33. The van der Waals surface area contributed by atoms with Crippen LogP contribution in [0.25, 0.3) is 0 Å². The van der Waals surface area contributed by atoms with E-state index >= 15 is 4.39 Å². The molecule has 40 heavy (non-hydrogen) atoms. The number of benzene rings is 1. The number of amidine groups is 4. The van der Waals surface area contributed by atoms with Gasteiger partial charge in [-0.2, -0.15) is 0 Å². The third-order valence-electron chi connectivity index (χ3n) is 8.18. The quantitative estimate of drug-likeness (QED) is 0.208. The zero-order valence-electron chi connectivity index (χ0n) is 23.4. The summed E-state index contributed by atoms with van der Waals surface area (Å²) < 4.78 is 16.5. The largest absolute Gasteiger partial charge is 0.465 e. The summed E-state index contributed by atoms with van der Waals surface area (Å²) in [4.78, 5) is 26.8. The van der Waals surface area contributed by atoms with Crippen molar-refractivity contribution >= 4 is 29.4 Å². The molecule has 0 radical (unpaired) electrons. The van der Waals surface area contributed by atoms with E-state index < -0.39 is 23.8 Å². The highest BCUT2D eigenvalue weighted by atomic mass is 19.1. The number of rotatable bonds is 8. The van der Waals surface area contributed by atoms with E-state index in [2.05, 4.69) is 26.2 Å². The van der Waals surface area contributed by atoms with E-state index in [0.29, 0.717) is 23.9 Å². The molecule has 0 bridgehead atoms. The number of hydrogen-bond acceptors (Lipinski definition) is 5. The summed E-state index contributed by atoms with van der Waals surface area (Å²) in [6.07, 6.45) is 12.6. The summed E-state index contributed by atoms with van der Waals surface area (Å²) >= 11 is 0. The van der Waals surface area contributed by atoms with Crippen LogP contribution in [-0.4, -0.2) is 64.7 Å². The third-order valence-corrected chi connectivity index (χ3v) is 8.18. The van der Waals surface area contributed by atoms with Gasteiger partial charge in [-0.3, -0.25) is 16.0 Å². The van der Waals surface area contributed by atoms with Crippen LogP contribution in [0.1, 0.15) is 70.8 Å². The Morgan fingerprint density at radius 2 is 1.95 bits per heavy atom. The number of nitrogens with one attached hydrogen (secondary N) is 3. The van der Waals surface area contributed by atoms with E-state index in [1.54, 1.807) is 24.3 Å². The lowest BCUT2D eigenvalue weighted by atomic mass is 9.80. The van der Waals surface area contributed by atoms with Gasteiger partial charge in [-0.1, -0.05) is 61.9 Å². The van der Waals surface area contributed by atoms with E-state index in [1.807, 2.05) is 23.2 Å². The molecule has 9 nitrogen and oxygen atoms in total. The normalized spacial score (nSPS) is 22.6. The molecule has 1 heterocycles. The van der Waals surface area contributed by atoms with Crippen molar-refractivity contribution in [3.63, 3.8) is 0 Å². The maximum atomic E-state index is 16.5. The minimum absolute atomic E-state index is 0.106. The number of halogens is 1. The fourth-order valence-corrected chi connectivity index (χ4v) is 5.65. The van der Waals surface area contributed by atoms with Crippen molar-refractivity contribution < 1.29 is 14.3 Å². The van der Waals surface area contributed by atoms with Gasteiger partial charge >= 0.3 is 6.09 Å². The van der Waals surface area contributed by atoms with Gasteiger partial charge in [-0.05, 0) is 56.9 Å². The molecular weight excluding hydrogens is 509 g/mol. The summed E-state index contributed by atoms with van der Waals surface area (Å²) in [5.74, 6) is 3.28. The Hall–Kier alpha value is -3.58. The van der Waals surface area contributed by atoms with Crippen molar-refractivity contribution in [2.24, 2.45) is 26.8 Å². The Kier molecular flexibility index (Phi) is 9.69. The van der Waals surface area contributed by atoms with E-state index in [0.717, 1.165) is 38.5 Å². The topological polar surface area (TPSA) is 126 Å². The molecule has 2 unspecified atom stereocenters. The van der Waals surface area contributed by atoms with Crippen molar-refractivity contribution in [1.29, 1.82) is 5.41 Å². The average molecular weight is 550 g/mol. The van der Waals surface area contributed by atoms with Crippen LogP contribution in [0, 0.1) is 29.6 Å². The van der Waals surface area contributed by atoms with Crippen molar-refractivity contribution in [3.05, 3.63) is 35.9 Å². The van der Waals surface area contributed by atoms with Gasteiger partial charge in [0.05, 0.1) is 6.54 Å². The van der Waals surface area contributed by atoms with Crippen LogP contribution in [-0.2, 0) is 5.67 Å². The van der Waals surface area contributed by atoms with Crippen LogP contribution < -0.4 is 10.6 Å². The molecule has 3 aliphatic rings. The minimum Gasteiger partial charge on any atom is -0.465 e. The highest BCUT2D eigenvalue weighted by molar-refractivity contribution is 6.43. The van der Waals surface area contributed by atoms with Crippen molar-refractivity contribution in [2.75, 3.05) is 13.1 Å². The average Bonchev–Trinajstić information content (AvgIpc) is 3.30. The Bertz CT molecular complexity index is 1190. The van der Waals surface area contributed by atoms with Gasteiger partial charge in [-0.15, -0.1) is 6.42 Å². The summed E-state index contributed by atoms with van der Waals surface area (Å²) in [6.45, 7) is 4.42. The molecular formula is C30H40FN7O2. The Morgan fingerprint density at radius 3 is 2.55 bits per heavy atom. The smallest absolute Gasteiger partial charge is 0.410 e. The third kappa shape index (κ3) is 7.33. The van der Waals surface area contributed by atoms with Gasteiger partial charge in [0.25, 0.3) is 0 Å². The summed E-state index contributed by atoms with van der Waals surface area (Å²) in [5, 5.41) is 22.9. The van der Waals surface area contributed by atoms with Gasteiger partial charge in [0.1, 0.15) is 5.84 Å². The maximum Gasteiger partial charge on any atom is 0.410 e. The molecule has 1 aliphatic heterocycles. The highest BCUT2D eigenvalue weighted by Crippen LogP contribution is 2.33. The van der Waals surface area contributed by atoms with Gasteiger partial charge in [0.15, 0.2) is 29.3 Å². The first-order chi connectivity index (χ1) is 19.2. The Morgan fingerprint density at radius 1 is 1.25 bits per heavy atom. The highest BCUT2D eigenvalue weighted by Gasteiger charge is 2.41. The molecule has 2 aliphatic carbocycles. The molecule has 2 fully saturated rings. The molecule has 1 amide bonds. The standard InChI is InChI=1S/C30H40FN7O2/c1-4-24(33-20(2)22-14-11-15-22)34-27(26(32)37-29(39)40)35-25-19-38(18-21-12-7-5-8-13-21)28(36-25)30(3,31)23-16-9-6-10-17-23/h1,6,9-10,16-17,20-22,24,33H,5,7-8,11-15,18-19H2,2-3H3,(H2,32,37)(H,39,40)/t20-,24?,30?/m1/s1. The molecule has 2 saturated carbocycles. The first kappa shape index (κ1) is 29.4. The van der Waals surface area contributed by atoms with Crippen LogP contribution in [0.5, 0.6) is 0 Å². The van der Waals surface area contributed by atoms with Crippen molar-refractivity contribution in [2.45, 2.75) is 83.1 Å². The molecule has 214 valence electrons. The first-order valence-electron chi connectivity index (χ1n) is 14.2. The monoisotopic (exact) mass is 549 g/mol. The number of aliphatic imine (C=N–C) groups is 3. The van der Waals surface area contributed by atoms with E-state index in [4.69, 9.17) is 11.8 Å². The van der Waals surface area contributed by atoms with Crippen LogP contribution in [0.2, 0.25) is 0 Å². The summed E-state index contributed by atoms with van der Waals surface area (Å²) in [7, 11) is 0. The molecule has 0 spiro atoms. The zero-order valence-corrected chi connectivity index (χ0v) is 23.4. The summed E-state index contributed by atoms with van der Waals surface area (Å²) in [5.41, 5.74) is -1.39. The number of hydrogen-bond donors (Lipinski definition) is 4. The van der Waals surface area contributed by atoms with Crippen molar-refractivity contribution in [3.8, 4) is 12.3 Å². The number of terminal acetylenes is 1. The number of alkyl halides is 1. The first-order valence-corrected chi connectivity index (χ1v) is 14.2. The van der Waals surface area contributed by atoms with Gasteiger partial charge in [0, 0.05) is 12.6 Å². The lowest BCUT2D eigenvalue weighted by molar-refractivity contribution is 0.200. The predicted molar refractivity (Wildman–Crippen MR) is 157 cm³/mol. The van der Waals surface area contributed by atoms with Gasteiger partial charge in [-0.25, -0.2) is 24.2 Å². The number of nitrogens with zero attached hydrogens (tertiary/aromatic N) is 4. The fourth-order valence-electron chi connectivity index (χ4n) is 5.65. The zero-order chi connectivity index (χ0) is 28.7. The fraction of sp³-hybridized carbons (Fsp3) is 0.567.